The summed E-state index contributed by atoms with van der Waals surface area (Å²) in [6, 6.07) is 3.62. The minimum Gasteiger partial charge on any atom is -0.469 e. The summed E-state index contributed by atoms with van der Waals surface area (Å²) in [6.07, 6.45) is -0.755. The zero-order valence-electron chi connectivity index (χ0n) is 15.7. The van der Waals surface area contributed by atoms with Gasteiger partial charge in [-0.15, -0.1) is 24.0 Å². The molecule has 0 fully saturated rings. The van der Waals surface area contributed by atoms with E-state index in [0.29, 0.717) is 25.5 Å². The number of aliphatic hydroxyl groups is 1. The maximum atomic E-state index is 13.5. The largest absolute Gasteiger partial charge is 0.469 e. The quantitative estimate of drug-likeness (QED) is 0.286. The van der Waals surface area contributed by atoms with E-state index in [2.05, 4.69) is 20.6 Å². The van der Waals surface area contributed by atoms with E-state index in [1.807, 2.05) is 13.0 Å². The van der Waals surface area contributed by atoms with Crippen LogP contribution in [0.2, 0.25) is 0 Å². The number of aryl methyl sites for hydroxylation is 1. The molecule has 2 rings (SSSR count). The van der Waals surface area contributed by atoms with Gasteiger partial charge in [-0.3, -0.25) is 4.99 Å². The Balaban J connectivity index is 0.00000392. The van der Waals surface area contributed by atoms with Gasteiger partial charge in [-0.2, -0.15) is 13.2 Å². The highest BCUT2D eigenvalue weighted by molar-refractivity contribution is 14.0. The van der Waals surface area contributed by atoms with E-state index < -0.39 is 24.0 Å². The lowest BCUT2D eigenvalue weighted by molar-refractivity contribution is -0.272. The van der Waals surface area contributed by atoms with Crippen LogP contribution >= 0.6 is 24.0 Å². The van der Waals surface area contributed by atoms with Crippen molar-refractivity contribution in [3.05, 3.63) is 42.4 Å². The first-order valence-electron chi connectivity index (χ1n) is 8.59. The van der Waals surface area contributed by atoms with Crippen molar-refractivity contribution in [3.63, 3.8) is 0 Å². The van der Waals surface area contributed by atoms with Crippen LogP contribution in [0.4, 0.5) is 13.2 Å². The Bertz CT molecular complexity index is 733. The first kappa shape index (κ1) is 24.3. The third-order valence-electron chi connectivity index (χ3n) is 3.99. The van der Waals surface area contributed by atoms with Crippen LogP contribution in [0.5, 0.6) is 0 Å². The van der Waals surface area contributed by atoms with Gasteiger partial charge in [-0.05, 0) is 19.1 Å². The molecule has 158 valence electrons. The minimum absolute atomic E-state index is 0. The fourth-order valence-corrected chi connectivity index (χ4v) is 2.57. The molecule has 0 aliphatic carbocycles. The number of nitrogens with zero attached hydrogens (tertiary/aromatic N) is 3. The average Bonchev–Trinajstić information content (AvgIpc) is 3.25. The Labute approximate surface area is 178 Å². The van der Waals surface area contributed by atoms with Crippen LogP contribution in [0, 0.1) is 0 Å². The Morgan fingerprint density at radius 3 is 2.64 bits per heavy atom. The van der Waals surface area contributed by atoms with Gasteiger partial charge in [-0.25, -0.2) is 4.98 Å². The molecule has 2 aromatic heterocycles. The lowest BCUT2D eigenvalue weighted by atomic mass is 9.98. The molecule has 0 saturated carbocycles. The zero-order chi connectivity index (χ0) is 19.9. The molecular weight excluding hydrogens is 490 g/mol. The van der Waals surface area contributed by atoms with Crippen molar-refractivity contribution in [2.24, 2.45) is 12.0 Å². The zero-order valence-corrected chi connectivity index (χ0v) is 18.0. The maximum Gasteiger partial charge on any atom is 0.424 e. The van der Waals surface area contributed by atoms with E-state index in [1.165, 1.54) is 19.4 Å². The van der Waals surface area contributed by atoms with E-state index in [-0.39, 0.29) is 30.5 Å². The number of aliphatic imine (C=N–C) groups is 1. The molecule has 0 aromatic carbocycles. The number of aromatic nitrogens is 2. The average molecular weight is 515 g/mol. The molecule has 0 bridgehead atoms. The van der Waals surface area contributed by atoms with Crippen molar-refractivity contribution in [1.29, 1.82) is 0 Å². The fourth-order valence-electron chi connectivity index (χ4n) is 2.57. The smallest absolute Gasteiger partial charge is 0.424 e. The Kier molecular flexibility index (Phi) is 9.27. The number of furan rings is 1. The first-order valence-corrected chi connectivity index (χ1v) is 8.59. The number of alkyl halides is 3. The van der Waals surface area contributed by atoms with Crippen LogP contribution in [-0.2, 0) is 19.1 Å². The van der Waals surface area contributed by atoms with Crippen LogP contribution in [0.1, 0.15) is 24.9 Å². The predicted molar refractivity (Wildman–Crippen MR) is 110 cm³/mol. The number of hydrogen-bond acceptors (Lipinski definition) is 4. The molecule has 1 atom stereocenters. The van der Waals surface area contributed by atoms with Crippen LogP contribution in [0.25, 0.3) is 0 Å². The molecule has 0 saturated heterocycles. The highest BCUT2D eigenvalue weighted by atomic mass is 127. The molecule has 2 aromatic rings. The van der Waals surface area contributed by atoms with Gasteiger partial charge < -0.3 is 24.7 Å². The van der Waals surface area contributed by atoms with E-state index in [1.54, 1.807) is 12.3 Å². The van der Waals surface area contributed by atoms with Gasteiger partial charge in [0.1, 0.15) is 11.6 Å². The summed E-state index contributed by atoms with van der Waals surface area (Å²) >= 11 is 0. The highest BCUT2D eigenvalue weighted by Gasteiger charge is 2.57. The molecule has 0 aliphatic rings. The summed E-state index contributed by atoms with van der Waals surface area (Å²) < 4.78 is 46.8. The van der Waals surface area contributed by atoms with Gasteiger partial charge in [-0.1, -0.05) is 0 Å². The van der Waals surface area contributed by atoms with Gasteiger partial charge in [0.2, 0.25) is 5.60 Å². The topological polar surface area (TPSA) is 87.6 Å². The molecule has 0 aliphatic heterocycles. The van der Waals surface area contributed by atoms with Crippen LogP contribution in [-0.4, -0.2) is 46.4 Å². The third kappa shape index (κ3) is 6.12. The molecule has 2 heterocycles. The van der Waals surface area contributed by atoms with Crippen LogP contribution in [0.15, 0.2) is 40.2 Å². The van der Waals surface area contributed by atoms with Crippen molar-refractivity contribution in [3.8, 4) is 0 Å². The third-order valence-corrected chi connectivity index (χ3v) is 3.99. The van der Waals surface area contributed by atoms with E-state index in [0.717, 1.165) is 10.3 Å². The van der Waals surface area contributed by atoms with Crippen molar-refractivity contribution in [2.75, 3.05) is 19.6 Å². The molecule has 1 unspecified atom stereocenters. The molecule has 3 N–H and O–H groups in total. The molecule has 0 amide bonds. The minimum atomic E-state index is -4.87. The fraction of sp³-hybridized carbons (Fsp3) is 0.529. The van der Waals surface area contributed by atoms with Crippen LogP contribution in [0.3, 0.4) is 0 Å². The van der Waals surface area contributed by atoms with Crippen molar-refractivity contribution >= 4 is 29.9 Å². The lowest BCUT2D eigenvalue weighted by Gasteiger charge is -2.29. The van der Waals surface area contributed by atoms with Gasteiger partial charge in [0.15, 0.2) is 5.96 Å². The number of guanidine groups is 1. The Morgan fingerprint density at radius 1 is 1.36 bits per heavy atom. The van der Waals surface area contributed by atoms with Crippen molar-refractivity contribution in [1.82, 2.24) is 20.2 Å². The molecule has 0 radical (unpaired) electrons. The van der Waals surface area contributed by atoms with Crippen molar-refractivity contribution in [2.45, 2.75) is 31.5 Å². The molecule has 0 spiro atoms. The second kappa shape index (κ2) is 10.7. The van der Waals surface area contributed by atoms with Crippen LogP contribution < -0.4 is 10.6 Å². The monoisotopic (exact) mass is 515 g/mol. The van der Waals surface area contributed by atoms with E-state index in [9.17, 15) is 18.3 Å². The maximum absolute atomic E-state index is 13.5. The second-order valence-corrected chi connectivity index (χ2v) is 5.99. The molecule has 7 nitrogen and oxygen atoms in total. The summed E-state index contributed by atoms with van der Waals surface area (Å²) in [7, 11) is 1.41. The number of nitrogens with one attached hydrogen (secondary N) is 2. The van der Waals surface area contributed by atoms with E-state index in [4.69, 9.17) is 4.42 Å². The Morgan fingerprint density at radius 2 is 2.11 bits per heavy atom. The SMILES string of the molecule is CCNC(=NCCC(O)(c1nccn1C)C(F)(F)F)NCCc1ccco1.I. The van der Waals surface area contributed by atoms with Gasteiger partial charge >= 0.3 is 6.18 Å². The number of rotatable bonds is 8. The summed E-state index contributed by atoms with van der Waals surface area (Å²) in [5.41, 5.74) is -3.07. The normalized spacial score (nSPS) is 14.3. The summed E-state index contributed by atoms with van der Waals surface area (Å²) in [4.78, 5) is 7.81. The number of imidazole rings is 1. The van der Waals surface area contributed by atoms with E-state index >= 15 is 0 Å². The highest BCUT2D eigenvalue weighted by Crippen LogP contribution is 2.40. The van der Waals surface area contributed by atoms with Crippen molar-refractivity contribution < 1.29 is 22.7 Å². The number of hydrogen-bond donors (Lipinski definition) is 3. The first-order chi connectivity index (χ1) is 12.8. The lowest BCUT2D eigenvalue weighted by Crippen LogP contribution is -2.45. The molecule has 11 heteroatoms. The van der Waals surface area contributed by atoms with Gasteiger partial charge in [0.25, 0.3) is 0 Å². The Hall–Kier alpha value is -1.76. The second-order valence-electron chi connectivity index (χ2n) is 5.99. The summed E-state index contributed by atoms with van der Waals surface area (Å²) in [5, 5.41) is 16.3. The predicted octanol–water partition coefficient (Wildman–Crippen LogP) is 2.57. The van der Waals surface area contributed by atoms with Gasteiger partial charge in [0, 0.05) is 51.9 Å². The summed E-state index contributed by atoms with van der Waals surface area (Å²) in [5.74, 6) is 0.703. The molecule has 28 heavy (non-hydrogen) atoms. The molecular formula is C17H25F3IN5O2. The number of halogens is 4. The standard InChI is InChI=1S/C17H24F3N5O2.HI/c1-3-21-15(23-8-6-13-5-4-12-27-13)24-9-7-16(26,17(18,19)20)14-22-10-11-25(14)2;/h4-5,10-12,26H,3,6-9H2,1-2H3,(H2,21,23,24);1H. The van der Waals surface area contributed by atoms with Gasteiger partial charge in [0.05, 0.1) is 6.26 Å². The summed E-state index contributed by atoms with van der Waals surface area (Å²) in [6.45, 7) is 2.67.